The molecule has 0 saturated carbocycles. The zero-order valence-electron chi connectivity index (χ0n) is 13.1. The van der Waals surface area contributed by atoms with Crippen LogP contribution in [0.3, 0.4) is 0 Å². The second-order valence-electron chi connectivity index (χ2n) is 5.00. The molecule has 0 aliphatic carbocycles. The first kappa shape index (κ1) is 16.8. The minimum absolute atomic E-state index is 0.0954. The summed E-state index contributed by atoms with van der Waals surface area (Å²) < 4.78 is 10.6. The van der Waals surface area contributed by atoms with E-state index in [0.29, 0.717) is 24.5 Å². The highest BCUT2D eigenvalue weighted by atomic mass is 16.5. The lowest BCUT2D eigenvalue weighted by molar-refractivity contribution is -0.123. The van der Waals surface area contributed by atoms with Crippen LogP contribution in [0.1, 0.15) is 18.1 Å². The number of rotatable bonds is 8. The fourth-order valence-corrected chi connectivity index (χ4v) is 2.12. The van der Waals surface area contributed by atoms with Gasteiger partial charge in [0.1, 0.15) is 0 Å². The fraction of sp³-hybridized carbons (Fsp3) is 0.278. The summed E-state index contributed by atoms with van der Waals surface area (Å²) >= 11 is 0. The summed E-state index contributed by atoms with van der Waals surface area (Å²) in [4.78, 5) is 11.8. The number of ether oxygens (including phenoxy) is 2. The third-order valence-corrected chi connectivity index (χ3v) is 3.35. The maximum absolute atomic E-state index is 11.8. The van der Waals surface area contributed by atoms with E-state index in [1.165, 1.54) is 0 Å². The molecule has 1 amide bonds. The average molecular weight is 315 g/mol. The summed E-state index contributed by atoms with van der Waals surface area (Å²) in [7, 11) is 1.55. The van der Waals surface area contributed by atoms with E-state index in [1.54, 1.807) is 19.2 Å². The smallest absolute Gasteiger partial charge is 0.257 e. The summed E-state index contributed by atoms with van der Waals surface area (Å²) in [5, 5.41) is 12.7. The molecule has 0 spiro atoms. The van der Waals surface area contributed by atoms with Gasteiger partial charge in [-0.15, -0.1) is 0 Å². The van der Waals surface area contributed by atoms with E-state index in [-0.39, 0.29) is 12.5 Å². The second kappa shape index (κ2) is 8.80. The monoisotopic (exact) mass is 315 g/mol. The van der Waals surface area contributed by atoms with Crippen molar-refractivity contribution in [2.45, 2.75) is 12.5 Å². The Morgan fingerprint density at radius 1 is 1.09 bits per heavy atom. The van der Waals surface area contributed by atoms with Crippen LogP contribution in [0.2, 0.25) is 0 Å². The maximum atomic E-state index is 11.8. The number of carbonyl (C=O) groups is 1. The van der Waals surface area contributed by atoms with E-state index in [0.717, 1.165) is 5.56 Å². The van der Waals surface area contributed by atoms with Crippen molar-refractivity contribution in [3.8, 4) is 11.5 Å². The van der Waals surface area contributed by atoms with Crippen molar-refractivity contribution < 1.29 is 19.4 Å². The van der Waals surface area contributed by atoms with Crippen molar-refractivity contribution in [2.75, 3.05) is 20.3 Å². The van der Waals surface area contributed by atoms with Gasteiger partial charge < -0.3 is 19.9 Å². The fourth-order valence-electron chi connectivity index (χ4n) is 2.12. The first-order valence-corrected chi connectivity index (χ1v) is 7.46. The predicted molar refractivity (Wildman–Crippen MR) is 87.5 cm³/mol. The highest BCUT2D eigenvalue weighted by Gasteiger charge is 2.09. The van der Waals surface area contributed by atoms with Crippen LogP contribution >= 0.6 is 0 Å². The molecule has 5 nitrogen and oxygen atoms in total. The standard InChI is InChI=1S/C18H21NO4/c1-22-16-9-5-6-10-17(16)23-13-18(21)19-12-11-15(20)14-7-3-2-4-8-14/h2-10,15,20H,11-13H2,1H3,(H,19,21). The number of amides is 1. The Balaban J connectivity index is 1.71. The molecular weight excluding hydrogens is 294 g/mol. The van der Waals surface area contributed by atoms with Crippen LogP contribution < -0.4 is 14.8 Å². The second-order valence-corrected chi connectivity index (χ2v) is 5.00. The number of para-hydroxylation sites is 2. The molecule has 2 N–H and O–H groups in total. The van der Waals surface area contributed by atoms with Crippen LogP contribution in [0.5, 0.6) is 11.5 Å². The lowest BCUT2D eigenvalue weighted by Crippen LogP contribution is -2.30. The van der Waals surface area contributed by atoms with Gasteiger partial charge in [0.05, 0.1) is 13.2 Å². The average Bonchev–Trinajstić information content (AvgIpc) is 2.60. The van der Waals surface area contributed by atoms with Crippen molar-refractivity contribution in [3.05, 3.63) is 60.2 Å². The molecule has 0 radical (unpaired) electrons. The summed E-state index contributed by atoms with van der Waals surface area (Å²) in [6.07, 6.45) is -0.142. The number of hydrogen-bond donors (Lipinski definition) is 2. The molecular formula is C18H21NO4. The third-order valence-electron chi connectivity index (χ3n) is 3.35. The van der Waals surface area contributed by atoms with Gasteiger partial charge in [0.25, 0.3) is 5.91 Å². The highest BCUT2D eigenvalue weighted by molar-refractivity contribution is 5.77. The van der Waals surface area contributed by atoms with Gasteiger partial charge in [-0.3, -0.25) is 4.79 Å². The summed E-state index contributed by atoms with van der Waals surface area (Å²) in [5.74, 6) is 0.866. The van der Waals surface area contributed by atoms with E-state index in [9.17, 15) is 9.90 Å². The Morgan fingerprint density at radius 2 is 1.74 bits per heavy atom. The predicted octanol–water partition coefficient (Wildman–Crippen LogP) is 2.31. The van der Waals surface area contributed by atoms with Gasteiger partial charge in [-0.25, -0.2) is 0 Å². The van der Waals surface area contributed by atoms with Gasteiger partial charge in [0.2, 0.25) is 0 Å². The molecule has 2 rings (SSSR count). The molecule has 5 heteroatoms. The minimum atomic E-state index is -0.591. The van der Waals surface area contributed by atoms with Crippen molar-refractivity contribution >= 4 is 5.91 Å². The van der Waals surface area contributed by atoms with Gasteiger partial charge in [-0.05, 0) is 24.1 Å². The van der Waals surface area contributed by atoms with Crippen molar-refractivity contribution in [2.24, 2.45) is 0 Å². The van der Waals surface area contributed by atoms with Crippen molar-refractivity contribution in [1.29, 1.82) is 0 Å². The van der Waals surface area contributed by atoms with E-state index >= 15 is 0 Å². The highest BCUT2D eigenvalue weighted by Crippen LogP contribution is 2.25. The van der Waals surface area contributed by atoms with Crippen LogP contribution in [-0.2, 0) is 4.79 Å². The van der Waals surface area contributed by atoms with E-state index < -0.39 is 6.10 Å². The largest absolute Gasteiger partial charge is 0.493 e. The first-order chi connectivity index (χ1) is 11.2. The third kappa shape index (κ3) is 5.30. The van der Waals surface area contributed by atoms with Crippen LogP contribution in [0.25, 0.3) is 0 Å². The number of carbonyl (C=O) groups excluding carboxylic acids is 1. The van der Waals surface area contributed by atoms with Crippen LogP contribution in [0.4, 0.5) is 0 Å². The summed E-state index contributed by atoms with van der Waals surface area (Å²) in [5.41, 5.74) is 0.840. The molecule has 0 bridgehead atoms. The normalized spacial score (nSPS) is 11.6. The van der Waals surface area contributed by atoms with Gasteiger partial charge in [-0.2, -0.15) is 0 Å². The number of aliphatic hydroxyl groups is 1. The van der Waals surface area contributed by atoms with Crippen molar-refractivity contribution in [3.63, 3.8) is 0 Å². The lowest BCUT2D eigenvalue weighted by atomic mass is 10.1. The lowest BCUT2D eigenvalue weighted by Gasteiger charge is -2.12. The number of benzene rings is 2. The Kier molecular flexibility index (Phi) is 6.44. The van der Waals surface area contributed by atoms with Crippen LogP contribution in [0.15, 0.2) is 54.6 Å². The molecule has 2 aromatic carbocycles. The molecule has 0 aliphatic rings. The minimum Gasteiger partial charge on any atom is -0.493 e. The van der Waals surface area contributed by atoms with Gasteiger partial charge in [0, 0.05) is 6.54 Å². The van der Waals surface area contributed by atoms with E-state index in [1.807, 2.05) is 42.5 Å². The van der Waals surface area contributed by atoms with Gasteiger partial charge in [0.15, 0.2) is 18.1 Å². The molecule has 0 saturated heterocycles. The number of hydrogen-bond acceptors (Lipinski definition) is 4. The Bertz CT molecular complexity index is 615. The Labute approximate surface area is 135 Å². The Hall–Kier alpha value is -2.53. The van der Waals surface area contributed by atoms with E-state index in [4.69, 9.17) is 9.47 Å². The van der Waals surface area contributed by atoms with Crippen LogP contribution in [-0.4, -0.2) is 31.3 Å². The summed E-state index contributed by atoms with van der Waals surface area (Å²) in [6, 6.07) is 16.5. The molecule has 0 fully saturated rings. The zero-order chi connectivity index (χ0) is 16.5. The number of nitrogens with one attached hydrogen (secondary N) is 1. The number of methoxy groups -OCH3 is 1. The molecule has 23 heavy (non-hydrogen) atoms. The Morgan fingerprint density at radius 3 is 2.43 bits per heavy atom. The van der Waals surface area contributed by atoms with Gasteiger partial charge in [-0.1, -0.05) is 42.5 Å². The van der Waals surface area contributed by atoms with Gasteiger partial charge >= 0.3 is 0 Å². The quantitative estimate of drug-likeness (QED) is 0.784. The topological polar surface area (TPSA) is 67.8 Å². The molecule has 2 aromatic rings. The van der Waals surface area contributed by atoms with Crippen LogP contribution in [0, 0.1) is 0 Å². The molecule has 1 unspecified atom stereocenters. The molecule has 0 aliphatic heterocycles. The summed E-state index contributed by atoms with van der Waals surface area (Å²) in [6.45, 7) is 0.284. The number of aliphatic hydroxyl groups excluding tert-OH is 1. The maximum Gasteiger partial charge on any atom is 0.257 e. The van der Waals surface area contributed by atoms with Crippen molar-refractivity contribution in [1.82, 2.24) is 5.32 Å². The zero-order valence-corrected chi connectivity index (χ0v) is 13.1. The molecule has 0 aromatic heterocycles. The molecule has 122 valence electrons. The van der Waals surface area contributed by atoms with E-state index in [2.05, 4.69) is 5.32 Å². The molecule has 1 atom stereocenters. The molecule has 0 heterocycles. The first-order valence-electron chi connectivity index (χ1n) is 7.46. The SMILES string of the molecule is COc1ccccc1OCC(=O)NCCC(O)c1ccccc1.